The Morgan fingerprint density at radius 1 is 0.304 bits per heavy atom. The zero-order valence-electron chi connectivity index (χ0n) is 28.0. The number of rotatable bonds is 14. The van der Waals surface area contributed by atoms with E-state index < -0.39 is 0 Å². The van der Waals surface area contributed by atoms with Crippen molar-refractivity contribution in [1.29, 1.82) is 0 Å². The van der Waals surface area contributed by atoms with Crippen LogP contribution < -0.4 is 0 Å². The molecule has 0 radical (unpaired) electrons. The van der Waals surface area contributed by atoms with Gasteiger partial charge in [-0.2, -0.15) is 0 Å². The minimum Gasteiger partial charge on any atom is -0.0654 e. The average molecular weight is 601 g/mol. The summed E-state index contributed by atoms with van der Waals surface area (Å²) in [6.07, 6.45) is 18.4. The number of benzene rings is 8. The molecule has 0 aromatic heterocycles. The van der Waals surface area contributed by atoms with Gasteiger partial charge in [-0.25, -0.2) is 0 Å². The molecule has 0 heteroatoms. The molecule has 0 N–H and O–H groups in total. The molecule has 232 valence electrons. The Hall–Kier alpha value is -3.90. The third-order valence-electron chi connectivity index (χ3n) is 11.0. The third-order valence-corrected chi connectivity index (χ3v) is 11.0. The van der Waals surface area contributed by atoms with Crippen molar-refractivity contribution in [2.75, 3.05) is 0 Å². The molecular weight excluding hydrogens is 553 g/mol. The molecule has 0 saturated carbocycles. The Morgan fingerprint density at radius 3 is 1.02 bits per heavy atom. The molecule has 0 bridgehead atoms. The van der Waals surface area contributed by atoms with Crippen LogP contribution >= 0.6 is 0 Å². The van der Waals surface area contributed by atoms with Crippen molar-refractivity contribution in [2.45, 2.75) is 104 Å². The largest absolute Gasteiger partial charge is 0.0654 e. The lowest BCUT2D eigenvalue weighted by molar-refractivity contribution is 0.607. The molecule has 0 heterocycles. The van der Waals surface area contributed by atoms with Crippen LogP contribution in [0.25, 0.3) is 75.4 Å². The first-order valence-corrected chi connectivity index (χ1v) is 18.5. The molecule has 0 aliphatic carbocycles. The van der Waals surface area contributed by atoms with E-state index in [0.717, 1.165) is 12.8 Å². The molecule has 8 rings (SSSR count). The smallest absolute Gasteiger partial charge is 0.000741 e. The molecule has 46 heavy (non-hydrogen) atoms. The van der Waals surface area contributed by atoms with E-state index in [9.17, 15) is 0 Å². The lowest BCUT2D eigenvalue weighted by Crippen LogP contribution is -1.97. The second-order valence-electron chi connectivity index (χ2n) is 14.2. The summed E-state index contributed by atoms with van der Waals surface area (Å²) in [4.78, 5) is 0. The fourth-order valence-electron chi connectivity index (χ4n) is 8.78. The fourth-order valence-corrected chi connectivity index (χ4v) is 8.78. The molecule has 0 unspecified atom stereocenters. The topological polar surface area (TPSA) is 0 Å². The standard InChI is InChI=1S/C46H48/c1-3-5-7-9-11-13-19-31-27-39-35-23-17-15-21-33(35)37-25-26-38-34-22-16-18-24-36(34)40-28-32(20-14-12-10-8-6-4-2)30-42-41(29-31)43(39)45(37)46(38)44(40)42/h15-18,21-30H,3-14,19-20H2,1-2H3. The average Bonchev–Trinajstić information content (AvgIpc) is 3.10. The highest BCUT2D eigenvalue weighted by Gasteiger charge is 2.22. The number of hydrogen-bond acceptors (Lipinski definition) is 0. The van der Waals surface area contributed by atoms with Crippen molar-refractivity contribution in [1.82, 2.24) is 0 Å². The first-order chi connectivity index (χ1) is 22.8. The first kappa shape index (κ1) is 29.5. The normalized spacial score (nSPS) is 12.5. The molecule has 0 atom stereocenters. The maximum absolute atomic E-state index is 2.60. The van der Waals surface area contributed by atoms with Crippen molar-refractivity contribution in [3.63, 3.8) is 0 Å². The highest BCUT2D eigenvalue weighted by atomic mass is 14.3. The van der Waals surface area contributed by atoms with E-state index >= 15 is 0 Å². The van der Waals surface area contributed by atoms with Crippen LogP contribution in [0.5, 0.6) is 0 Å². The fraction of sp³-hybridized carbons (Fsp3) is 0.348. The summed E-state index contributed by atoms with van der Waals surface area (Å²) in [5.74, 6) is 0. The number of fused-ring (bicyclic) bond motifs is 7. The maximum Gasteiger partial charge on any atom is -0.000741 e. The zero-order valence-corrected chi connectivity index (χ0v) is 28.0. The Labute approximate surface area is 274 Å². The Morgan fingerprint density at radius 2 is 0.630 bits per heavy atom. The summed E-state index contributed by atoms with van der Waals surface area (Å²) in [6.45, 7) is 4.62. The predicted octanol–water partition coefficient (Wildman–Crippen LogP) is 14.4. The van der Waals surface area contributed by atoms with Crippen molar-refractivity contribution in [3.05, 3.63) is 96.1 Å². The highest BCUT2D eigenvalue weighted by molar-refractivity contribution is 6.47. The summed E-state index contributed by atoms with van der Waals surface area (Å²) >= 11 is 0. The van der Waals surface area contributed by atoms with E-state index in [1.54, 1.807) is 0 Å². The summed E-state index contributed by atoms with van der Waals surface area (Å²) in [7, 11) is 0. The van der Waals surface area contributed by atoms with Gasteiger partial charge in [0.1, 0.15) is 0 Å². The van der Waals surface area contributed by atoms with E-state index in [1.165, 1.54) is 164 Å². The summed E-state index contributed by atoms with van der Waals surface area (Å²) in [5.41, 5.74) is 3.02. The van der Waals surface area contributed by atoms with Crippen LogP contribution in [-0.2, 0) is 12.8 Å². The highest BCUT2D eigenvalue weighted by Crippen LogP contribution is 2.50. The molecule has 0 amide bonds. The molecule has 0 aliphatic rings. The van der Waals surface area contributed by atoms with E-state index in [4.69, 9.17) is 0 Å². The first-order valence-electron chi connectivity index (χ1n) is 18.5. The third kappa shape index (κ3) is 4.97. The number of hydrogen-bond donors (Lipinski definition) is 0. The van der Waals surface area contributed by atoms with Gasteiger partial charge in [-0.15, -0.1) is 0 Å². The maximum atomic E-state index is 2.60. The summed E-state index contributed by atoms with van der Waals surface area (Å²) in [5, 5.41) is 20.1. The van der Waals surface area contributed by atoms with Crippen molar-refractivity contribution in [2.24, 2.45) is 0 Å². The number of aryl methyl sites for hydroxylation is 2. The van der Waals surface area contributed by atoms with Gasteiger partial charge in [-0.05, 0) is 112 Å². The van der Waals surface area contributed by atoms with Crippen LogP contribution in [0.3, 0.4) is 0 Å². The predicted molar refractivity (Wildman–Crippen MR) is 206 cm³/mol. The molecule has 0 saturated heterocycles. The summed E-state index contributed by atoms with van der Waals surface area (Å²) < 4.78 is 0. The SMILES string of the molecule is CCCCCCCCc1cc2c3ccccc3c3ccc4c5ccccc5c5cc(CCCCCCCC)cc6c(c1)c2c3c4c56. The van der Waals surface area contributed by atoms with Gasteiger partial charge in [0.05, 0.1) is 0 Å². The Balaban J connectivity index is 1.40. The van der Waals surface area contributed by atoms with Crippen LogP contribution in [-0.4, -0.2) is 0 Å². The lowest BCUT2D eigenvalue weighted by Gasteiger charge is -2.23. The molecule has 0 aliphatic heterocycles. The van der Waals surface area contributed by atoms with E-state index in [2.05, 4.69) is 98.8 Å². The van der Waals surface area contributed by atoms with E-state index in [-0.39, 0.29) is 0 Å². The van der Waals surface area contributed by atoms with Crippen LogP contribution in [0.15, 0.2) is 84.9 Å². The minimum absolute atomic E-state index is 1.16. The quantitative estimate of drug-likeness (QED) is 0.0661. The van der Waals surface area contributed by atoms with Crippen molar-refractivity contribution >= 4 is 75.4 Å². The van der Waals surface area contributed by atoms with Gasteiger partial charge in [0.25, 0.3) is 0 Å². The van der Waals surface area contributed by atoms with Crippen LogP contribution in [0.1, 0.15) is 102 Å². The van der Waals surface area contributed by atoms with Gasteiger partial charge in [-0.3, -0.25) is 0 Å². The van der Waals surface area contributed by atoms with Crippen LogP contribution in [0, 0.1) is 0 Å². The van der Waals surface area contributed by atoms with Crippen molar-refractivity contribution in [3.8, 4) is 0 Å². The molecule has 0 fully saturated rings. The van der Waals surface area contributed by atoms with E-state index in [1.807, 2.05) is 0 Å². The van der Waals surface area contributed by atoms with Crippen LogP contribution in [0.4, 0.5) is 0 Å². The minimum atomic E-state index is 1.16. The number of unbranched alkanes of at least 4 members (excludes halogenated alkanes) is 10. The molecular formula is C46H48. The Kier molecular flexibility index (Phi) is 8.15. The zero-order chi connectivity index (χ0) is 31.0. The molecule has 8 aromatic rings. The van der Waals surface area contributed by atoms with Gasteiger partial charge in [-0.1, -0.05) is 163 Å². The Bertz CT molecular complexity index is 2120. The van der Waals surface area contributed by atoms with Crippen molar-refractivity contribution < 1.29 is 0 Å². The van der Waals surface area contributed by atoms with Crippen LogP contribution in [0.2, 0.25) is 0 Å². The molecule has 8 aromatic carbocycles. The van der Waals surface area contributed by atoms with Gasteiger partial charge >= 0.3 is 0 Å². The molecule has 0 spiro atoms. The van der Waals surface area contributed by atoms with Gasteiger partial charge in [0, 0.05) is 0 Å². The second-order valence-corrected chi connectivity index (χ2v) is 14.2. The van der Waals surface area contributed by atoms with Gasteiger partial charge in [0.2, 0.25) is 0 Å². The lowest BCUT2D eigenvalue weighted by atomic mass is 9.80. The second kappa shape index (κ2) is 12.7. The molecule has 0 nitrogen and oxygen atoms in total. The van der Waals surface area contributed by atoms with E-state index in [0.29, 0.717) is 0 Å². The monoisotopic (exact) mass is 600 g/mol. The summed E-state index contributed by atoms with van der Waals surface area (Å²) in [6, 6.07) is 33.5. The van der Waals surface area contributed by atoms with Gasteiger partial charge in [0.15, 0.2) is 0 Å². The van der Waals surface area contributed by atoms with Gasteiger partial charge < -0.3 is 0 Å².